The van der Waals surface area contributed by atoms with Crippen LogP contribution in [0.15, 0.2) is 30.3 Å². The predicted molar refractivity (Wildman–Crippen MR) is 82.2 cm³/mol. The predicted octanol–water partition coefficient (Wildman–Crippen LogP) is 3.39. The Bertz CT molecular complexity index is 338. The lowest BCUT2D eigenvalue weighted by atomic mass is 10.2. The number of hydrogen-bond acceptors (Lipinski definition) is 3. The Kier molecular flexibility index (Phi) is 7.50. The van der Waals surface area contributed by atoms with Crippen LogP contribution in [0.3, 0.4) is 0 Å². The molecule has 3 nitrogen and oxygen atoms in total. The Labute approximate surface area is 122 Å². The zero-order chi connectivity index (χ0) is 13.9. The van der Waals surface area contributed by atoms with Crippen molar-refractivity contribution in [3.63, 3.8) is 0 Å². The first kappa shape index (κ1) is 15.3. The van der Waals surface area contributed by atoms with Gasteiger partial charge < -0.3 is 14.8 Å². The lowest BCUT2D eigenvalue weighted by molar-refractivity contribution is 0.0971. The molecular formula is C17H27NO2. The van der Waals surface area contributed by atoms with Crippen molar-refractivity contribution in [1.29, 1.82) is 0 Å². The molecule has 0 atom stereocenters. The second-order valence-electron chi connectivity index (χ2n) is 5.42. The van der Waals surface area contributed by atoms with E-state index >= 15 is 0 Å². The maximum atomic E-state index is 5.57. The summed E-state index contributed by atoms with van der Waals surface area (Å²) < 4.78 is 11.1. The Balaban J connectivity index is 1.30. The van der Waals surface area contributed by atoms with E-state index in [9.17, 15) is 0 Å². The van der Waals surface area contributed by atoms with E-state index in [2.05, 4.69) is 5.32 Å². The van der Waals surface area contributed by atoms with Crippen LogP contribution in [0, 0.1) is 0 Å². The van der Waals surface area contributed by atoms with Crippen molar-refractivity contribution in [2.75, 3.05) is 26.4 Å². The summed E-state index contributed by atoms with van der Waals surface area (Å²) in [6, 6.07) is 10.7. The Hall–Kier alpha value is -1.06. The third kappa shape index (κ3) is 7.51. The molecular weight excluding hydrogens is 250 g/mol. The van der Waals surface area contributed by atoms with E-state index in [1.807, 2.05) is 30.3 Å². The molecule has 2 rings (SSSR count). The topological polar surface area (TPSA) is 30.5 Å². The average Bonchev–Trinajstić information content (AvgIpc) is 3.30. The van der Waals surface area contributed by atoms with Gasteiger partial charge >= 0.3 is 0 Å². The molecule has 1 aromatic rings. The lowest BCUT2D eigenvalue weighted by Gasteiger charge is -2.07. The van der Waals surface area contributed by atoms with Crippen molar-refractivity contribution >= 4 is 0 Å². The fourth-order valence-corrected chi connectivity index (χ4v) is 2.11. The van der Waals surface area contributed by atoms with E-state index in [0.717, 1.165) is 24.8 Å². The summed E-state index contributed by atoms with van der Waals surface area (Å²) in [5.74, 6) is 0.916. The highest BCUT2D eigenvalue weighted by Gasteiger charge is 2.19. The van der Waals surface area contributed by atoms with Crippen LogP contribution >= 0.6 is 0 Å². The summed E-state index contributed by atoms with van der Waals surface area (Å²) in [5.41, 5.74) is 0. The minimum absolute atomic E-state index is 0.634. The molecule has 1 aliphatic carbocycles. The van der Waals surface area contributed by atoms with Crippen molar-refractivity contribution in [1.82, 2.24) is 5.32 Å². The largest absolute Gasteiger partial charge is 0.491 e. The number of benzene rings is 1. The van der Waals surface area contributed by atoms with Gasteiger partial charge in [-0.15, -0.1) is 0 Å². The van der Waals surface area contributed by atoms with Crippen LogP contribution in [0.5, 0.6) is 5.75 Å². The molecule has 3 heteroatoms. The van der Waals surface area contributed by atoms with Crippen LogP contribution in [0.25, 0.3) is 0 Å². The second kappa shape index (κ2) is 9.78. The molecule has 1 N–H and O–H groups in total. The first-order valence-electron chi connectivity index (χ1n) is 7.94. The normalized spacial score (nSPS) is 14.4. The highest BCUT2D eigenvalue weighted by molar-refractivity contribution is 5.20. The standard InChI is InChI=1S/C17H27NO2/c1(6-12-18-16-10-11-16)2-7-13-19-14-15-20-17-8-4-3-5-9-17/h3-5,8-9,16,18H,1-2,6-7,10-15H2. The van der Waals surface area contributed by atoms with E-state index in [1.54, 1.807) is 0 Å². The van der Waals surface area contributed by atoms with E-state index in [0.29, 0.717) is 13.2 Å². The summed E-state index contributed by atoms with van der Waals surface area (Å²) in [6.07, 6.45) is 7.82. The van der Waals surface area contributed by atoms with Crippen LogP contribution in [-0.4, -0.2) is 32.4 Å². The van der Waals surface area contributed by atoms with Gasteiger partial charge in [0, 0.05) is 12.6 Å². The van der Waals surface area contributed by atoms with Crippen molar-refractivity contribution in [3.05, 3.63) is 30.3 Å². The van der Waals surface area contributed by atoms with Gasteiger partial charge in [0.15, 0.2) is 0 Å². The monoisotopic (exact) mass is 277 g/mol. The number of unbranched alkanes of at least 4 members (excludes halogenated alkanes) is 3. The van der Waals surface area contributed by atoms with Gasteiger partial charge in [-0.3, -0.25) is 0 Å². The quantitative estimate of drug-likeness (QED) is 0.594. The van der Waals surface area contributed by atoms with E-state index in [4.69, 9.17) is 9.47 Å². The van der Waals surface area contributed by atoms with Crippen LogP contribution < -0.4 is 10.1 Å². The molecule has 1 aromatic carbocycles. The fourth-order valence-electron chi connectivity index (χ4n) is 2.11. The highest BCUT2D eigenvalue weighted by Crippen LogP contribution is 2.18. The number of nitrogens with one attached hydrogen (secondary N) is 1. The molecule has 0 heterocycles. The molecule has 0 unspecified atom stereocenters. The molecule has 112 valence electrons. The van der Waals surface area contributed by atoms with E-state index in [-0.39, 0.29) is 0 Å². The van der Waals surface area contributed by atoms with E-state index in [1.165, 1.54) is 38.6 Å². The number of hydrogen-bond donors (Lipinski definition) is 1. The van der Waals surface area contributed by atoms with Crippen LogP contribution in [0.1, 0.15) is 38.5 Å². The zero-order valence-electron chi connectivity index (χ0n) is 12.4. The fraction of sp³-hybridized carbons (Fsp3) is 0.647. The maximum Gasteiger partial charge on any atom is 0.119 e. The van der Waals surface area contributed by atoms with Gasteiger partial charge in [-0.2, -0.15) is 0 Å². The van der Waals surface area contributed by atoms with Gasteiger partial charge in [0.05, 0.1) is 6.61 Å². The van der Waals surface area contributed by atoms with Gasteiger partial charge in [-0.25, -0.2) is 0 Å². The number of rotatable bonds is 12. The summed E-state index contributed by atoms with van der Waals surface area (Å²) in [5, 5.41) is 3.54. The molecule has 0 spiro atoms. The number of para-hydroxylation sites is 1. The van der Waals surface area contributed by atoms with Crippen molar-refractivity contribution in [3.8, 4) is 5.75 Å². The van der Waals surface area contributed by atoms with Crippen LogP contribution in [0.2, 0.25) is 0 Å². The third-order valence-electron chi connectivity index (χ3n) is 3.47. The van der Waals surface area contributed by atoms with Crippen LogP contribution in [0.4, 0.5) is 0 Å². The minimum atomic E-state index is 0.634. The molecule has 0 bridgehead atoms. The summed E-state index contributed by atoms with van der Waals surface area (Å²) in [6.45, 7) is 3.36. The first-order valence-corrected chi connectivity index (χ1v) is 7.94. The highest BCUT2D eigenvalue weighted by atomic mass is 16.5. The molecule has 0 radical (unpaired) electrons. The number of ether oxygens (including phenoxy) is 2. The van der Waals surface area contributed by atoms with Crippen molar-refractivity contribution in [2.45, 2.75) is 44.6 Å². The molecule has 0 aliphatic heterocycles. The molecule has 0 saturated heterocycles. The van der Waals surface area contributed by atoms with Gasteiger partial charge in [0.1, 0.15) is 12.4 Å². The summed E-state index contributed by atoms with van der Waals surface area (Å²) >= 11 is 0. The van der Waals surface area contributed by atoms with Crippen molar-refractivity contribution in [2.24, 2.45) is 0 Å². The molecule has 0 amide bonds. The maximum absolute atomic E-state index is 5.57. The van der Waals surface area contributed by atoms with Crippen molar-refractivity contribution < 1.29 is 9.47 Å². The Morgan fingerprint density at radius 3 is 2.50 bits per heavy atom. The first-order chi connectivity index (χ1) is 9.95. The molecule has 1 saturated carbocycles. The Morgan fingerprint density at radius 1 is 0.900 bits per heavy atom. The third-order valence-corrected chi connectivity index (χ3v) is 3.47. The minimum Gasteiger partial charge on any atom is -0.491 e. The van der Waals surface area contributed by atoms with E-state index < -0.39 is 0 Å². The Morgan fingerprint density at radius 2 is 1.70 bits per heavy atom. The summed E-state index contributed by atoms with van der Waals surface area (Å²) in [7, 11) is 0. The van der Waals surface area contributed by atoms with Gasteiger partial charge in [-0.1, -0.05) is 31.0 Å². The lowest BCUT2D eigenvalue weighted by Crippen LogP contribution is -2.17. The van der Waals surface area contributed by atoms with Gasteiger partial charge in [0.2, 0.25) is 0 Å². The smallest absolute Gasteiger partial charge is 0.119 e. The molecule has 0 aromatic heterocycles. The summed E-state index contributed by atoms with van der Waals surface area (Å²) in [4.78, 5) is 0. The SMILES string of the molecule is c1ccc(OCCOCCCCCCNC2CC2)cc1. The van der Waals surface area contributed by atoms with Crippen LogP contribution in [-0.2, 0) is 4.74 Å². The van der Waals surface area contributed by atoms with Gasteiger partial charge in [-0.05, 0) is 44.4 Å². The molecule has 20 heavy (non-hydrogen) atoms. The second-order valence-corrected chi connectivity index (χ2v) is 5.42. The van der Waals surface area contributed by atoms with Gasteiger partial charge in [0.25, 0.3) is 0 Å². The molecule has 1 fully saturated rings. The average molecular weight is 277 g/mol. The molecule has 1 aliphatic rings. The zero-order valence-corrected chi connectivity index (χ0v) is 12.4.